The van der Waals surface area contributed by atoms with Gasteiger partial charge in [0.1, 0.15) is 0 Å². The summed E-state index contributed by atoms with van der Waals surface area (Å²) < 4.78 is 13.0. The molecule has 124 valence electrons. The van der Waals surface area contributed by atoms with Crippen molar-refractivity contribution in [1.82, 2.24) is 9.88 Å². The van der Waals surface area contributed by atoms with Gasteiger partial charge >= 0.3 is 0 Å². The minimum Gasteiger partial charge on any atom is -0.294 e. The number of halogens is 1. The van der Waals surface area contributed by atoms with Crippen LogP contribution in [0.2, 0.25) is 0 Å². The summed E-state index contributed by atoms with van der Waals surface area (Å²) in [7, 11) is 0. The highest BCUT2D eigenvalue weighted by Crippen LogP contribution is 2.40. The SMILES string of the molecule is O=C(c1ccc(F)nc1)C1CC2CCC(C1)N2Cc1ccccc1. The number of ketones is 1. The lowest BCUT2D eigenvalue weighted by Gasteiger charge is -2.38. The number of carbonyl (C=O) groups is 1. The van der Waals surface area contributed by atoms with Crippen LogP contribution in [0.3, 0.4) is 0 Å². The Labute approximate surface area is 141 Å². The van der Waals surface area contributed by atoms with E-state index in [1.54, 1.807) is 6.07 Å². The van der Waals surface area contributed by atoms with Crippen molar-refractivity contribution in [2.24, 2.45) is 5.92 Å². The molecule has 3 nitrogen and oxygen atoms in total. The zero-order chi connectivity index (χ0) is 16.5. The minimum atomic E-state index is -0.538. The molecule has 1 aromatic heterocycles. The number of carbonyl (C=O) groups excluding carboxylic acids is 1. The molecule has 2 aliphatic rings. The van der Waals surface area contributed by atoms with Crippen LogP contribution in [0.15, 0.2) is 48.7 Å². The lowest BCUT2D eigenvalue weighted by molar-refractivity contribution is 0.0678. The predicted octanol–water partition coefficient (Wildman–Crippen LogP) is 3.85. The van der Waals surface area contributed by atoms with E-state index in [0.717, 1.165) is 19.4 Å². The molecule has 3 heterocycles. The first-order chi connectivity index (χ1) is 11.7. The molecule has 0 spiro atoms. The van der Waals surface area contributed by atoms with Crippen LogP contribution in [0.25, 0.3) is 0 Å². The van der Waals surface area contributed by atoms with Crippen molar-refractivity contribution in [3.63, 3.8) is 0 Å². The number of rotatable bonds is 4. The first kappa shape index (κ1) is 15.5. The van der Waals surface area contributed by atoms with Gasteiger partial charge in [-0.3, -0.25) is 9.69 Å². The van der Waals surface area contributed by atoms with E-state index in [1.807, 2.05) is 6.07 Å². The van der Waals surface area contributed by atoms with E-state index >= 15 is 0 Å². The van der Waals surface area contributed by atoms with Gasteiger partial charge in [0.05, 0.1) is 0 Å². The molecule has 0 radical (unpaired) electrons. The van der Waals surface area contributed by atoms with Gasteiger partial charge in [0.2, 0.25) is 5.95 Å². The number of piperidine rings is 1. The number of benzene rings is 1. The number of pyridine rings is 1. The summed E-state index contributed by atoms with van der Waals surface area (Å²) in [4.78, 5) is 18.9. The van der Waals surface area contributed by atoms with Crippen molar-refractivity contribution in [2.45, 2.75) is 44.3 Å². The molecule has 0 N–H and O–H groups in total. The molecule has 2 fully saturated rings. The molecule has 4 rings (SSSR count). The molecule has 4 heteroatoms. The van der Waals surface area contributed by atoms with E-state index in [1.165, 1.54) is 30.7 Å². The Bertz CT molecular complexity index is 702. The van der Waals surface area contributed by atoms with Gasteiger partial charge < -0.3 is 0 Å². The molecule has 2 aliphatic heterocycles. The van der Waals surface area contributed by atoms with Crippen molar-refractivity contribution >= 4 is 5.78 Å². The first-order valence-electron chi connectivity index (χ1n) is 8.66. The summed E-state index contributed by atoms with van der Waals surface area (Å²) in [5, 5.41) is 0. The van der Waals surface area contributed by atoms with Crippen molar-refractivity contribution in [3.8, 4) is 0 Å². The summed E-state index contributed by atoms with van der Waals surface area (Å²) in [5.74, 6) is -0.371. The highest BCUT2D eigenvalue weighted by molar-refractivity contribution is 5.97. The van der Waals surface area contributed by atoms with Crippen molar-refractivity contribution in [3.05, 3.63) is 65.7 Å². The number of Topliss-reactive ketones (excluding diaryl/α,β-unsaturated/α-hetero) is 1. The Balaban J connectivity index is 1.46. The van der Waals surface area contributed by atoms with Gasteiger partial charge in [-0.15, -0.1) is 0 Å². The van der Waals surface area contributed by atoms with Gasteiger partial charge in [-0.25, -0.2) is 4.98 Å². The van der Waals surface area contributed by atoms with Gasteiger partial charge in [0, 0.05) is 36.3 Å². The van der Waals surface area contributed by atoms with E-state index in [2.05, 4.69) is 34.1 Å². The quantitative estimate of drug-likeness (QED) is 0.633. The Morgan fingerprint density at radius 2 is 1.79 bits per heavy atom. The highest BCUT2D eigenvalue weighted by Gasteiger charge is 2.42. The van der Waals surface area contributed by atoms with Crippen LogP contribution in [0.1, 0.15) is 41.6 Å². The Kier molecular flexibility index (Phi) is 4.15. The van der Waals surface area contributed by atoms with Gasteiger partial charge in [0.25, 0.3) is 0 Å². The van der Waals surface area contributed by atoms with Gasteiger partial charge in [0.15, 0.2) is 5.78 Å². The average molecular weight is 324 g/mol. The van der Waals surface area contributed by atoms with Crippen molar-refractivity contribution in [2.75, 3.05) is 0 Å². The van der Waals surface area contributed by atoms with E-state index in [-0.39, 0.29) is 11.7 Å². The average Bonchev–Trinajstić information content (AvgIpc) is 2.84. The number of aromatic nitrogens is 1. The van der Waals surface area contributed by atoms with Crippen LogP contribution in [-0.2, 0) is 6.54 Å². The second kappa shape index (κ2) is 6.44. The number of nitrogens with zero attached hydrogens (tertiary/aromatic N) is 2. The molecule has 24 heavy (non-hydrogen) atoms. The van der Waals surface area contributed by atoms with E-state index in [9.17, 15) is 9.18 Å². The molecule has 0 saturated carbocycles. The van der Waals surface area contributed by atoms with Crippen LogP contribution in [0.5, 0.6) is 0 Å². The zero-order valence-electron chi connectivity index (χ0n) is 13.6. The molecule has 2 unspecified atom stereocenters. The summed E-state index contributed by atoms with van der Waals surface area (Å²) in [6.45, 7) is 0.967. The maximum Gasteiger partial charge on any atom is 0.212 e. The van der Waals surface area contributed by atoms with Gasteiger partial charge in [-0.2, -0.15) is 4.39 Å². The van der Waals surface area contributed by atoms with Gasteiger partial charge in [-0.05, 0) is 43.4 Å². The van der Waals surface area contributed by atoms with Crippen LogP contribution in [0, 0.1) is 11.9 Å². The lowest BCUT2D eigenvalue weighted by Crippen LogP contribution is -2.44. The second-order valence-electron chi connectivity index (χ2n) is 6.95. The van der Waals surface area contributed by atoms with Crippen LogP contribution in [-0.4, -0.2) is 27.8 Å². The van der Waals surface area contributed by atoms with E-state index in [0.29, 0.717) is 17.6 Å². The number of hydrogen-bond donors (Lipinski definition) is 0. The third kappa shape index (κ3) is 2.98. The third-order valence-corrected chi connectivity index (χ3v) is 5.48. The number of hydrogen-bond acceptors (Lipinski definition) is 3. The molecule has 0 amide bonds. The summed E-state index contributed by atoms with van der Waals surface area (Å²) in [5.41, 5.74) is 1.87. The Morgan fingerprint density at radius 1 is 1.08 bits per heavy atom. The van der Waals surface area contributed by atoms with Crippen LogP contribution < -0.4 is 0 Å². The largest absolute Gasteiger partial charge is 0.294 e. The maximum atomic E-state index is 13.0. The monoisotopic (exact) mass is 324 g/mol. The molecular formula is C20H21FN2O. The summed E-state index contributed by atoms with van der Waals surface area (Å²) in [6.07, 6.45) is 5.51. The summed E-state index contributed by atoms with van der Waals surface area (Å²) >= 11 is 0. The fourth-order valence-electron chi connectivity index (χ4n) is 4.30. The predicted molar refractivity (Wildman–Crippen MR) is 90.0 cm³/mol. The Morgan fingerprint density at radius 3 is 2.42 bits per heavy atom. The van der Waals surface area contributed by atoms with Crippen molar-refractivity contribution in [1.29, 1.82) is 0 Å². The van der Waals surface area contributed by atoms with Crippen LogP contribution >= 0.6 is 0 Å². The topological polar surface area (TPSA) is 33.2 Å². The molecule has 2 aromatic rings. The summed E-state index contributed by atoms with van der Waals surface area (Å²) in [6, 6.07) is 14.3. The fourth-order valence-corrected chi connectivity index (χ4v) is 4.30. The van der Waals surface area contributed by atoms with Gasteiger partial charge in [-0.1, -0.05) is 30.3 Å². The Hall–Kier alpha value is -2.07. The molecule has 1 aromatic carbocycles. The molecule has 2 bridgehead atoms. The molecular weight excluding hydrogens is 303 g/mol. The highest BCUT2D eigenvalue weighted by atomic mass is 19.1. The van der Waals surface area contributed by atoms with Crippen LogP contribution in [0.4, 0.5) is 4.39 Å². The van der Waals surface area contributed by atoms with E-state index < -0.39 is 5.95 Å². The third-order valence-electron chi connectivity index (χ3n) is 5.48. The minimum absolute atomic E-state index is 0.0433. The smallest absolute Gasteiger partial charge is 0.212 e. The standard InChI is InChI=1S/C20H21FN2O/c21-19-9-6-15(12-22-19)20(24)16-10-17-7-8-18(11-16)23(17)13-14-4-2-1-3-5-14/h1-6,9,12,16-18H,7-8,10-11,13H2. The van der Waals surface area contributed by atoms with E-state index in [4.69, 9.17) is 0 Å². The fraction of sp³-hybridized carbons (Fsp3) is 0.400. The lowest BCUT2D eigenvalue weighted by atomic mass is 9.85. The molecule has 2 saturated heterocycles. The molecule has 0 aliphatic carbocycles. The zero-order valence-corrected chi connectivity index (χ0v) is 13.6. The normalized spacial score (nSPS) is 26.5. The molecule has 2 atom stereocenters. The second-order valence-corrected chi connectivity index (χ2v) is 6.95. The first-order valence-corrected chi connectivity index (χ1v) is 8.66. The number of fused-ring (bicyclic) bond motifs is 2. The maximum absolute atomic E-state index is 13.0. The van der Waals surface area contributed by atoms with Crippen molar-refractivity contribution < 1.29 is 9.18 Å².